The van der Waals surface area contributed by atoms with E-state index in [-0.39, 0.29) is 5.69 Å². The molecule has 1 aromatic rings. The summed E-state index contributed by atoms with van der Waals surface area (Å²) in [6, 6.07) is 0. The number of nitrogens with zero attached hydrogens (tertiary/aromatic N) is 1. The summed E-state index contributed by atoms with van der Waals surface area (Å²) in [5, 5.41) is 0.998. The summed E-state index contributed by atoms with van der Waals surface area (Å²) in [5.74, 6) is -0.166. The highest BCUT2D eigenvalue weighted by atomic mass is 32.2. The van der Waals surface area contributed by atoms with Crippen LogP contribution in [0.3, 0.4) is 0 Å². The Morgan fingerprint density at radius 2 is 2.29 bits per heavy atom. The van der Waals surface area contributed by atoms with Crippen molar-refractivity contribution in [3.05, 3.63) is 29.2 Å². The zero-order valence-corrected chi connectivity index (χ0v) is 10.5. The first-order valence-corrected chi connectivity index (χ1v) is 6.74. The summed E-state index contributed by atoms with van der Waals surface area (Å²) in [6.07, 6.45) is 4.29. The SMILES string of the molecule is CCC/C=C/S(=O)(=O)NC(=O)c1cnc(C)[nH]1. The Bertz CT molecular complexity index is 517. The molecule has 0 saturated carbocycles. The van der Waals surface area contributed by atoms with Crippen molar-refractivity contribution in [3.8, 4) is 0 Å². The Hall–Kier alpha value is -1.63. The number of sulfonamides is 1. The number of imidazole rings is 1. The predicted octanol–water partition coefficient (Wildman–Crippen LogP) is 1.09. The summed E-state index contributed by atoms with van der Waals surface area (Å²) in [5.41, 5.74) is 0.120. The highest BCUT2D eigenvalue weighted by Gasteiger charge is 2.14. The number of allylic oxidation sites excluding steroid dienone is 1. The summed E-state index contributed by atoms with van der Waals surface area (Å²) in [4.78, 5) is 18.0. The van der Waals surface area contributed by atoms with Crippen LogP contribution in [0.2, 0.25) is 0 Å². The average Bonchev–Trinajstić information content (AvgIpc) is 2.64. The number of carbonyl (C=O) groups is 1. The number of hydrogen-bond acceptors (Lipinski definition) is 4. The number of unbranched alkanes of at least 4 members (excludes halogenated alkanes) is 1. The predicted molar refractivity (Wildman–Crippen MR) is 63.8 cm³/mol. The van der Waals surface area contributed by atoms with E-state index < -0.39 is 15.9 Å². The van der Waals surface area contributed by atoms with E-state index in [1.54, 1.807) is 6.92 Å². The van der Waals surface area contributed by atoms with E-state index in [4.69, 9.17) is 0 Å². The highest BCUT2D eigenvalue weighted by molar-refractivity contribution is 7.92. The number of carbonyl (C=O) groups excluding carboxylic acids is 1. The second-order valence-electron chi connectivity index (χ2n) is 3.52. The van der Waals surface area contributed by atoms with Gasteiger partial charge in [0.05, 0.1) is 6.20 Å². The molecule has 0 radical (unpaired) electrons. The van der Waals surface area contributed by atoms with Gasteiger partial charge in [0.15, 0.2) is 0 Å². The maximum absolute atomic E-state index is 11.5. The number of aryl methyl sites for hydroxylation is 1. The fourth-order valence-electron chi connectivity index (χ4n) is 1.12. The van der Waals surface area contributed by atoms with Crippen LogP contribution in [0.1, 0.15) is 36.1 Å². The summed E-state index contributed by atoms with van der Waals surface area (Å²) < 4.78 is 24.8. The van der Waals surface area contributed by atoms with Gasteiger partial charge in [-0.15, -0.1) is 0 Å². The lowest BCUT2D eigenvalue weighted by Crippen LogP contribution is -2.29. The molecule has 0 aliphatic carbocycles. The summed E-state index contributed by atoms with van der Waals surface area (Å²) in [7, 11) is -3.72. The van der Waals surface area contributed by atoms with Crippen molar-refractivity contribution in [2.75, 3.05) is 0 Å². The van der Waals surface area contributed by atoms with Crippen molar-refractivity contribution in [1.82, 2.24) is 14.7 Å². The molecule has 17 heavy (non-hydrogen) atoms. The zero-order valence-electron chi connectivity index (χ0n) is 9.73. The molecule has 0 saturated heterocycles. The Morgan fingerprint density at radius 3 is 2.82 bits per heavy atom. The number of aromatic nitrogens is 2. The van der Waals surface area contributed by atoms with Crippen molar-refractivity contribution in [3.63, 3.8) is 0 Å². The molecule has 1 aromatic heterocycles. The van der Waals surface area contributed by atoms with Gasteiger partial charge < -0.3 is 4.98 Å². The molecule has 0 fully saturated rings. The largest absolute Gasteiger partial charge is 0.338 e. The number of amides is 1. The fraction of sp³-hybridized carbons (Fsp3) is 0.400. The van der Waals surface area contributed by atoms with Crippen molar-refractivity contribution in [2.45, 2.75) is 26.7 Å². The quantitative estimate of drug-likeness (QED) is 0.826. The highest BCUT2D eigenvalue weighted by Crippen LogP contribution is 1.98. The third-order valence-electron chi connectivity index (χ3n) is 1.91. The van der Waals surface area contributed by atoms with Gasteiger partial charge in [0.2, 0.25) is 0 Å². The number of rotatable bonds is 5. The molecule has 0 aliphatic heterocycles. The standard InChI is InChI=1S/C10H15N3O3S/c1-3-4-5-6-17(15,16)13-10(14)9-7-11-8(2)12-9/h5-7H,3-4H2,1-2H3,(H,11,12)(H,13,14)/b6-5+. The lowest BCUT2D eigenvalue weighted by Gasteiger charge is -2.00. The van der Waals surface area contributed by atoms with Crippen LogP contribution >= 0.6 is 0 Å². The van der Waals surface area contributed by atoms with Crippen LogP contribution in [-0.2, 0) is 10.0 Å². The van der Waals surface area contributed by atoms with Crippen LogP contribution in [0, 0.1) is 6.92 Å². The van der Waals surface area contributed by atoms with Crippen LogP contribution in [0.25, 0.3) is 0 Å². The Morgan fingerprint density at radius 1 is 1.59 bits per heavy atom. The van der Waals surface area contributed by atoms with Gasteiger partial charge in [0.1, 0.15) is 11.5 Å². The number of aromatic amines is 1. The van der Waals surface area contributed by atoms with Crippen molar-refractivity contribution >= 4 is 15.9 Å². The zero-order chi connectivity index (χ0) is 12.9. The molecule has 2 N–H and O–H groups in total. The third-order valence-corrected chi connectivity index (χ3v) is 2.93. The minimum absolute atomic E-state index is 0.120. The molecule has 6 nitrogen and oxygen atoms in total. The van der Waals surface area contributed by atoms with Gasteiger partial charge in [-0.2, -0.15) is 0 Å². The number of H-pyrrole nitrogens is 1. The molecule has 0 bridgehead atoms. The lowest BCUT2D eigenvalue weighted by atomic mass is 10.3. The van der Waals surface area contributed by atoms with Gasteiger partial charge >= 0.3 is 0 Å². The second kappa shape index (κ2) is 5.62. The van der Waals surface area contributed by atoms with Gasteiger partial charge in [0.25, 0.3) is 15.9 Å². The minimum Gasteiger partial charge on any atom is -0.338 e. The first kappa shape index (κ1) is 13.4. The van der Waals surface area contributed by atoms with Gasteiger partial charge in [-0.3, -0.25) is 4.79 Å². The molecule has 1 amide bonds. The Balaban J connectivity index is 2.68. The molecule has 94 valence electrons. The Kier molecular flexibility index (Phi) is 4.45. The molecular formula is C10H15N3O3S. The molecule has 1 heterocycles. The van der Waals surface area contributed by atoms with Crippen molar-refractivity contribution in [2.24, 2.45) is 0 Å². The molecule has 0 unspecified atom stereocenters. The van der Waals surface area contributed by atoms with E-state index >= 15 is 0 Å². The fourth-order valence-corrected chi connectivity index (χ4v) is 1.94. The van der Waals surface area contributed by atoms with Crippen LogP contribution in [0.15, 0.2) is 17.7 Å². The summed E-state index contributed by atoms with van der Waals surface area (Å²) in [6.45, 7) is 3.61. The smallest absolute Gasteiger partial charge is 0.283 e. The molecular weight excluding hydrogens is 242 g/mol. The van der Waals surface area contributed by atoms with Gasteiger partial charge in [-0.1, -0.05) is 19.4 Å². The van der Waals surface area contributed by atoms with Gasteiger partial charge in [-0.25, -0.2) is 18.1 Å². The maximum Gasteiger partial charge on any atom is 0.283 e. The lowest BCUT2D eigenvalue weighted by molar-refractivity contribution is 0.0977. The first-order chi connectivity index (χ1) is 7.94. The van der Waals surface area contributed by atoms with E-state index in [9.17, 15) is 13.2 Å². The van der Waals surface area contributed by atoms with Crippen LogP contribution < -0.4 is 4.72 Å². The van der Waals surface area contributed by atoms with E-state index in [0.29, 0.717) is 12.2 Å². The average molecular weight is 257 g/mol. The van der Waals surface area contributed by atoms with Gasteiger partial charge in [-0.05, 0) is 13.3 Å². The second-order valence-corrected chi connectivity index (χ2v) is 5.09. The topological polar surface area (TPSA) is 91.9 Å². The van der Waals surface area contributed by atoms with Crippen LogP contribution in [0.4, 0.5) is 0 Å². The van der Waals surface area contributed by atoms with E-state index in [1.807, 2.05) is 11.6 Å². The Labute approximate surface area is 100 Å². The number of hydrogen-bond donors (Lipinski definition) is 2. The van der Waals surface area contributed by atoms with Crippen LogP contribution in [0.5, 0.6) is 0 Å². The van der Waals surface area contributed by atoms with Crippen LogP contribution in [-0.4, -0.2) is 24.3 Å². The number of nitrogens with one attached hydrogen (secondary N) is 2. The molecule has 0 aliphatic rings. The van der Waals surface area contributed by atoms with Crippen molar-refractivity contribution in [1.29, 1.82) is 0 Å². The van der Waals surface area contributed by atoms with E-state index in [1.165, 1.54) is 12.3 Å². The first-order valence-electron chi connectivity index (χ1n) is 5.20. The normalized spacial score (nSPS) is 11.9. The third kappa shape index (κ3) is 4.39. The molecule has 7 heteroatoms. The summed E-state index contributed by atoms with van der Waals surface area (Å²) >= 11 is 0. The van der Waals surface area contributed by atoms with Crippen molar-refractivity contribution < 1.29 is 13.2 Å². The molecule has 0 aromatic carbocycles. The monoisotopic (exact) mass is 257 g/mol. The maximum atomic E-state index is 11.5. The molecule has 1 rings (SSSR count). The van der Waals surface area contributed by atoms with E-state index in [2.05, 4.69) is 9.97 Å². The minimum atomic E-state index is -3.72. The van der Waals surface area contributed by atoms with Gasteiger partial charge in [0, 0.05) is 5.41 Å². The molecule has 0 atom stereocenters. The van der Waals surface area contributed by atoms with E-state index in [0.717, 1.165) is 11.8 Å². The molecule has 0 spiro atoms.